The number of fused-ring (bicyclic) bond motifs is 1. The first-order valence-corrected chi connectivity index (χ1v) is 8.48. The summed E-state index contributed by atoms with van der Waals surface area (Å²) in [5.41, 5.74) is 0.745. The number of thiocarbonyl (C=S) groups is 1. The zero-order valence-electron chi connectivity index (χ0n) is 13.0. The number of carbonyl (C=O) groups is 2. The van der Waals surface area contributed by atoms with Crippen LogP contribution in [0.15, 0.2) is 23.1 Å². The Hall–Kier alpha value is -2.06. The first-order valence-electron chi connectivity index (χ1n) is 7.26. The van der Waals surface area contributed by atoms with Crippen LogP contribution in [0.5, 0.6) is 11.5 Å². The van der Waals surface area contributed by atoms with Gasteiger partial charge < -0.3 is 19.4 Å². The highest BCUT2D eigenvalue weighted by atomic mass is 32.2. The molecule has 0 radical (unpaired) electrons. The predicted molar refractivity (Wildman–Crippen MR) is 91.2 cm³/mol. The van der Waals surface area contributed by atoms with Crippen LogP contribution in [0, 0.1) is 5.92 Å². The first kappa shape index (κ1) is 16.8. The van der Waals surface area contributed by atoms with E-state index in [2.05, 4.69) is 0 Å². The number of ether oxygens (including phenoxy) is 2. The molecule has 0 bridgehead atoms. The molecule has 2 aliphatic heterocycles. The Morgan fingerprint density at radius 1 is 1.38 bits per heavy atom. The van der Waals surface area contributed by atoms with Crippen molar-refractivity contribution >= 4 is 46.3 Å². The van der Waals surface area contributed by atoms with Crippen LogP contribution < -0.4 is 14.6 Å². The van der Waals surface area contributed by atoms with Crippen LogP contribution in [0.3, 0.4) is 0 Å². The summed E-state index contributed by atoms with van der Waals surface area (Å²) in [5.74, 6) is -0.802. The molecule has 24 heavy (non-hydrogen) atoms. The number of aliphatic carboxylic acids is 1. The summed E-state index contributed by atoms with van der Waals surface area (Å²) in [6.07, 6.45) is 1.66. The molecule has 8 heteroatoms. The molecule has 3 rings (SSSR count). The van der Waals surface area contributed by atoms with Gasteiger partial charge in [0, 0.05) is 0 Å². The lowest BCUT2D eigenvalue weighted by Gasteiger charge is -2.30. The minimum atomic E-state index is -1.31. The Kier molecular flexibility index (Phi) is 4.51. The second kappa shape index (κ2) is 6.45. The van der Waals surface area contributed by atoms with Crippen molar-refractivity contribution in [1.29, 1.82) is 0 Å². The van der Waals surface area contributed by atoms with E-state index in [1.54, 1.807) is 38.1 Å². The van der Waals surface area contributed by atoms with Crippen LogP contribution in [-0.4, -0.2) is 33.9 Å². The average Bonchev–Trinajstić information content (AvgIpc) is 3.06. The molecule has 1 amide bonds. The maximum atomic E-state index is 12.6. The number of benzene rings is 1. The molecule has 0 N–H and O–H groups in total. The molecule has 0 aliphatic carbocycles. The van der Waals surface area contributed by atoms with Crippen LogP contribution >= 0.6 is 24.0 Å². The average molecular weight is 364 g/mol. The third-order valence-electron chi connectivity index (χ3n) is 3.67. The molecule has 6 nitrogen and oxygen atoms in total. The molecular formula is C16H14NO5S2-. The molecule has 0 saturated carbocycles. The molecule has 0 unspecified atom stereocenters. The van der Waals surface area contributed by atoms with Gasteiger partial charge in [0.05, 0.1) is 16.9 Å². The molecule has 2 aliphatic rings. The highest BCUT2D eigenvalue weighted by molar-refractivity contribution is 8.26. The standard InChI is InChI=1S/C16H15NO5S2/c1-8(2)13(15(19)20)17-14(18)12(24-16(17)23)6-9-3-4-10-11(5-9)22-7-21-10/h3-6,8,13H,7H2,1-2H3,(H,19,20)/p-1/b12-6+/t13-/m1/s1. The zero-order chi connectivity index (χ0) is 17.4. The number of thioether (sulfide) groups is 1. The summed E-state index contributed by atoms with van der Waals surface area (Å²) in [6.45, 7) is 3.59. The van der Waals surface area contributed by atoms with Gasteiger partial charge in [0.15, 0.2) is 11.5 Å². The summed E-state index contributed by atoms with van der Waals surface area (Å²) in [7, 11) is 0. The monoisotopic (exact) mass is 364 g/mol. The van der Waals surface area contributed by atoms with Gasteiger partial charge >= 0.3 is 0 Å². The quantitative estimate of drug-likeness (QED) is 0.590. The fraction of sp³-hybridized carbons (Fsp3) is 0.312. The van der Waals surface area contributed by atoms with Gasteiger partial charge in [-0.25, -0.2) is 0 Å². The molecule has 1 atom stereocenters. The van der Waals surface area contributed by atoms with Crippen LogP contribution in [0.25, 0.3) is 6.08 Å². The minimum Gasteiger partial charge on any atom is -0.548 e. The minimum absolute atomic E-state index is 0.169. The summed E-state index contributed by atoms with van der Waals surface area (Å²) >= 11 is 6.28. The van der Waals surface area contributed by atoms with Crippen molar-refractivity contribution in [2.24, 2.45) is 5.92 Å². The Morgan fingerprint density at radius 2 is 2.08 bits per heavy atom. The Bertz CT molecular complexity index is 759. The third-order valence-corrected chi connectivity index (χ3v) is 5.00. The highest BCUT2D eigenvalue weighted by Gasteiger charge is 2.39. The van der Waals surface area contributed by atoms with Gasteiger partial charge in [-0.05, 0) is 29.7 Å². The number of hydrogen-bond donors (Lipinski definition) is 0. The maximum Gasteiger partial charge on any atom is 0.266 e. The largest absolute Gasteiger partial charge is 0.548 e. The van der Waals surface area contributed by atoms with Gasteiger partial charge in [-0.3, -0.25) is 9.69 Å². The number of carboxylic acids is 1. The lowest BCUT2D eigenvalue weighted by atomic mass is 10.0. The lowest BCUT2D eigenvalue weighted by molar-refractivity contribution is -0.311. The summed E-state index contributed by atoms with van der Waals surface area (Å²) in [4.78, 5) is 25.5. The summed E-state index contributed by atoms with van der Waals surface area (Å²) in [5, 5.41) is 11.4. The van der Waals surface area contributed by atoms with Crippen molar-refractivity contribution in [3.05, 3.63) is 28.7 Å². The van der Waals surface area contributed by atoms with Gasteiger partial charge in [-0.15, -0.1) is 0 Å². The molecule has 1 fully saturated rings. The van der Waals surface area contributed by atoms with Crippen molar-refractivity contribution in [2.75, 3.05) is 6.79 Å². The van der Waals surface area contributed by atoms with E-state index in [0.717, 1.165) is 22.2 Å². The van der Waals surface area contributed by atoms with Crippen molar-refractivity contribution in [3.63, 3.8) is 0 Å². The number of amides is 1. The Morgan fingerprint density at radius 3 is 2.75 bits per heavy atom. The van der Waals surface area contributed by atoms with Crippen LogP contribution in [0.2, 0.25) is 0 Å². The molecular weight excluding hydrogens is 350 g/mol. The van der Waals surface area contributed by atoms with Gasteiger partial charge in [-0.1, -0.05) is 43.9 Å². The molecule has 0 spiro atoms. The van der Waals surface area contributed by atoms with E-state index in [1.165, 1.54) is 0 Å². The van der Waals surface area contributed by atoms with Crippen molar-refractivity contribution in [1.82, 2.24) is 4.90 Å². The molecule has 126 valence electrons. The van der Waals surface area contributed by atoms with E-state index >= 15 is 0 Å². The first-order chi connectivity index (χ1) is 11.4. The topological polar surface area (TPSA) is 78.9 Å². The smallest absolute Gasteiger partial charge is 0.266 e. The summed E-state index contributed by atoms with van der Waals surface area (Å²) in [6, 6.07) is 4.22. The van der Waals surface area contributed by atoms with Crippen LogP contribution in [-0.2, 0) is 9.59 Å². The molecule has 1 aromatic rings. The third kappa shape index (κ3) is 2.99. The summed E-state index contributed by atoms with van der Waals surface area (Å²) < 4.78 is 10.8. The SMILES string of the molecule is CC(C)[C@H](C(=O)[O-])N1C(=O)/C(=C\c2ccc3c(c2)OCO3)SC1=S. The fourth-order valence-electron chi connectivity index (χ4n) is 2.55. The fourth-order valence-corrected chi connectivity index (χ4v) is 3.88. The van der Waals surface area contributed by atoms with Gasteiger partial charge in [0.2, 0.25) is 6.79 Å². The van der Waals surface area contributed by atoms with E-state index in [1.807, 2.05) is 0 Å². The maximum absolute atomic E-state index is 12.6. The Labute approximate surface area is 148 Å². The number of carboxylic acid groups (broad SMARTS) is 1. The van der Waals surface area contributed by atoms with E-state index in [0.29, 0.717) is 16.4 Å². The van der Waals surface area contributed by atoms with Crippen LogP contribution in [0.4, 0.5) is 0 Å². The van der Waals surface area contributed by atoms with E-state index in [-0.39, 0.29) is 17.0 Å². The van der Waals surface area contributed by atoms with E-state index < -0.39 is 17.9 Å². The Balaban J connectivity index is 1.89. The van der Waals surface area contributed by atoms with E-state index in [9.17, 15) is 14.7 Å². The van der Waals surface area contributed by atoms with Crippen molar-refractivity contribution < 1.29 is 24.2 Å². The number of nitrogens with zero attached hydrogens (tertiary/aromatic N) is 1. The number of carbonyl (C=O) groups excluding carboxylic acids is 2. The second-order valence-corrected chi connectivity index (χ2v) is 7.35. The number of hydrogen-bond acceptors (Lipinski definition) is 7. The zero-order valence-corrected chi connectivity index (χ0v) is 14.6. The molecule has 1 aromatic carbocycles. The normalized spacial score (nSPS) is 19.5. The highest BCUT2D eigenvalue weighted by Crippen LogP contribution is 2.37. The van der Waals surface area contributed by atoms with Crippen molar-refractivity contribution in [3.8, 4) is 11.5 Å². The lowest BCUT2D eigenvalue weighted by Crippen LogP contribution is -2.52. The van der Waals surface area contributed by atoms with Gasteiger partial charge in [-0.2, -0.15) is 0 Å². The molecule has 0 aromatic heterocycles. The van der Waals surface area contributed by atoms with E-state index in [4.69, 9.17) is 21.7 Å². The van der Waals surface area contributed by atoms with Crippen LogP contribution in [0.1, 0.15) is 19.4 Å². The van der Waals surface area contributed by atoms with Gasteiger partial charge in [0.25, 0.3) is 5.91 Å². The molecule has 2 heterocycles. The predicted octanol–water partition coefficient (Wildman–Crippen LogP) is 1.39. The second-order valence-electron chi connectivity index (χ2n) is 5.67. The molecule has 1 saturated heterocycles. The number of rotatable bonds is 4. The van der Waals surface area contributed by atoms with Crippen molar-refractivity contribution in [2.45, 2.75) is 19.9 Å². The van der Waals surface area contributed by atoms with Gasteiger partial charge in [0.1, 0.15) is 4.32 Å².